The topological polar surface area (TPSA) is 45.1 Å². The van der Waals surface area contributed by atoms with Gasteiger partial charge in [0.15, 0.2) is 0 Å². The summed E-state index contributed by atoms with van der Waals surface area (Å²) in [6, 6.07) is 0.786. The van der Waals surface area contributed by atoms with Crippen molar-refractivity contribution in [1.82, 2.24) is 10.3 Å². The highest BCUT2D eigenvalue weighted by Crippen LogP contribution is 2.22. The molecule has 0 saturated heterocycles. The second-order valence-corrected chi connectivity index (χ2v) is 5.47. The molecule has 0 fully saturated rings. The lowest BCUT2D eigenvalue weighted by molar-refractivity contribution is 0.273. The van der Waals surface area contributed by atoms with Crippen LogP contribution in [0.3, 0.4) is 0 Å². The highest BCUT2D eigenvalue weighted by molar-refractivity contribution is 7.11. The maximum atomic E-state index is 8.79. The molecule has 0 bridgehead atoms. The third-order valence-corrected chi connectivity index (χ3v) is 3.65. The van der Waals surface area contributed by atoms with Crippen molar-refractivity contribution >= 4 is 11.3 Å². The first-order valence-corrected chi connectivity index (χ1v) is 6.78. The summed E-state index contributed by atoms with van der Waals surface area (Å²) in [6.45, 7) is 6.70. The molecule has 0 spiro atoms. The molecule has 1 aromatic heterocycles. The lowest BCUT2D eigenvalue weighted by Gasteiger charge is -2.20. The number of aryl methyl sites for hydroxylation is 1. The molecule has 0 aromatic carbocycles. The molecule has 1 rings (SSSR count). The van der Waals surface area contributed by atoms with E-state index in [0.29, 0.717) is 12.1 Å². The Morgan fingerprint density at radius 3 is 2.81 bits per heavy atom. The van der Waals surface area contributed by atoms with Crippen LogP contribution in [0.4, 0.5) is 0 Å². The fourth-order valence-corrected chi connectivity index (χ4v) is 2.64. The van der Waals surface area contributed by atoms with Crippen molar-refractivity contribution in [3.05, 3.63) is 16.1 Å². The molecule has 2 atom stereocenters. The second-order valence-electron chi connectivity index (χ2n) is 4.20. The van der Waals surface area contributed by atoms with Gasteiger partial charge in [-0.15, -0.1) is 11.3 Å². The number of hydrogen-bond acceptors (Lipinski definition) is 4. The van der Waals surface area contributed by atoms with Gasteiger partial charge in [-0.1, -0.05) is 6.92 Å². The van der Waals surface area contributed by atoms with E-state index in [0.717, 1.165) is 19.3 Å². The summed E-state index contributed by atoms with van der Waals surface area (Å²) in [5.41, 5.74) is 0. The summed E-state index contributed by atoms with van der Waals surface area (Å²) in [5.74, 6) is 0. The molecular weight excluding hydrogens is 220 g/mol. The maximum absolute atomic E-state index is 8.79. The van der Waals surface area contributed by atoms with E-state index >= 15 is 0 Å². The summed E-state index contributed by atoms with van der Waals surface area (Å²) in [5, 5.41) is 13.5. The molecule has 4 heteroatoms. The molecule has 1 heterocycles. The number of aromatic nitrogens is 1. The van der Waals surface area contributed by atoms with E-state index < -0.39 is 0 Å². The van der Waals surface area contributed by atoms with Crippen molar-refractivity contribution in [2.45, 2.75) is 52.1 Å². The van der Waals surface area contributed by atoms with Gasteiger partial charge in [0.2, 0.25) is 0 Å². The van der Waals surface area contributed by atoms with Crippen molar-refractivity contribution in [2.75, 3.05) is 6.61 Å². The Kier molecular flexibility index (Phi) is 5.95. The molecule has 16 heavy (non-hydrogen) atoms. The maximum Gasteiger partial charge on any atom is 0.110 e. The van der Waals surface area contributed by atoms with Gasteiger partial charge in [-0.05, 0) is 33.1 Å². The number of rotatable bonds is 7. The molecule has 1 aromatic rings. The van der Waals surface area contributed by atoms with Gasteiger partial charge in [0.05, 0.1) is 6.04 Å². The summed E-state index contributed by atoms with van der Waals surface area (Å²) in [6.07, 6.45) is 4.86. The van der Waals surface area contributed by atoms with Gasteiger partial charge >= 0.3 is 0 Å². The minimum absolute atomic E-state index is 0.277. The van der Waals surface area contributed by atoms with Crippen LogP contribution in [0.5, 0.6) is 0 Å². The van der Waals surface area contributed by atoms with Gasteiger partial charge in [-0.3, -0.25) is 0 Å². The van der Waals surface area contributed by atoms with Crippen LogP contribution in [-0.2, 0) is 0 Å². The normalized spacial score (nSPS) is 15.0. The fraction of sp³-hybridized carbons (Fsp3) is 0.750. The molecule has 2 N–H and O–H groups in total. The van der Waals surface area contributed by atoms with Crippen molar-refractivity contribution in [2.24, 2.45) is 0 Å². The van der Waals surface area contributed by atoms with Gasteiger partial charge in [0.1, 0.15) is 5.01 Å². The molecule has 0 aliphatic rings. The highest BCUT2D eigenvalue weighted by atomic mass is 32.1. The molecular formula is C12H22N2OS. The van der Waals surface area contributed by atoms with Crippen LogP contribution in [0.2, 0.25) is 0 Å². The molecule has 0 amide bonds. The molecule has 0 aliphatic carbocycles. The van der Waals surface area contributed by atoms with Gasteiger partial charge in [0.25, 0.3) is 0 Å². The highest BCUT2D eigenvalue weighted by Gasteiger charge is 2.15. The van der Waals surface area contributed by atoms with Crippen molar-refractivity contribution in [1.29, 1.82) is 0 Å². The second kappa shape index (κ2) is 6.99. The first-order chi connectivity index (χ1) is 7.67. The number of nitrogens with zero attached hydrogens (tertiary/aromatic N) is 1. The third kappa shape index (κ3) is 4.20. The molecule has 0 radical (unpaired) electrons. The van der Waals surface area contributed by atoms with Crippen LogP contribution in [-0.4, -0.2) is 22.7 Å². The minimum Gasteiger partial charge on any atom is -0.396 e. The Labute approximate surface area is 102 Å². The standard InChI is InChI=1S/C12H22N2OS/c1-4-11(12-13-8-10(3)16-12)14-9(2)6-5-7-15/h8-9,11,14-15H,4-7H2,1-3H3. The first kappa shape index (κ1) is 13.6. The number of aliphatic hydroxyl groups excluding tert-OH is 1. The SMILES string of the molecule is CCC(NC(C)CCCO)c1ncc(C)s1. The Morgan fingerprint density at radius 1 is 1.56 bits per heavy atom. The predicted octanol–water partition coefficient (Wildman–Crippen LogP) is 2.65. The van der Waals surface area contributed by atoms with Crippen LogP contribution >= 0.6 is 11.3 Å². The summed E-state index contributed by atoms with van der Waals surface area (Å²) in [7, 11) is 0. The van der Waals surface area contributed by atoms with E-state index in [9.17, 15) is 0 Å². The summed E-state index contributed by atoms with van der Waals surface area (Å²) in [4.78, 5) is 5.69. The van der Waals surface area contributed by atoms with E-state index in [1.165, 1.54) is 9.88 Å². The lowest BCUT2D eigenvalue weighted by Crippen LogP contribution is -2.30. The Balaban J connectivity index is 2.48. The first-order valence-electron chi connectivity index (χ1n) is 5.96. The number of aliphatic hydroxyl groups is 1. The summed E-state index contributed by atoms with van der Waals surface area (Å²) >= 11 is 1.76. The number of thiazole rings is 1. The number of nitrogens with one attached hydrogen (secondary N) is 1. The fourth-order valence-electron chi connectivity index (χ4n) is 1.72. The molecule has 2 unspecified atom stereocenters. The van der Waals surface area contributed by atoms with E-state index in [-0.39, 0.29) is 6.61 Å². The minimum atomic E-state index is 0.277. The van der Waals surface area contributed by atoms with Crippen LogP contribution < -0.4 is 5.32 Å². The molecule has 92 valence electrons. The zero-order valence-corrected chi connectivity index (χ0v) is 11.2. The average molecular weight is 242 g/mol. The lowest BCUT2D eigenvalue weighted by atomic mass is 10.1. The van der Waals surface area contributed by atoms with Crippen LogP contribution in [0.1, 0.15) is 49.0 Å². The Morgan fingerprint density at radius 2 is 2.31 bits per heavy atom. The van der Waals surface area contributed by atoms with Gasteiger partial charge in [-0.25, -0.2) is 4.98 Å². The predicted molar refractivity (Wildman–Crippen MR) is 68.8 cm³/mol. The van der Waals surface area contributed by atoms with E-state index in [4.69, 9.17) is 5.11 Å². The van der Waals surface area contributed by atoms with E-state index in [1.54, 1.807) is 11.3 Å². The van der Waals surface area contributed by atoms with Crippen molar-refractivity contribution in [3.8, 4) is 0 Å². The van der Waals surface area contributed by atoms with Gasteiger partial charge in [-0.2, -0.15) is 0 Å². The molecule has 3 nitrogen and oxygen atoms in total. The van der Waals surface area contributed by atoms with E-state index in [1.807, 2.05) is 6.20 Å². The average Bonchev–Trinajstić information content (AvgIpc) is 2.69. The number of hydrogen-bond donors (Lipinski definition) is 2. The largest absolute Gasteiger partial charge is 0.396 e. The summed E-state index contributed by atoms with van der Waals surface area (Å²) < 4.78 is 0. The van der Waals surface area contributed by atoms with Crippen LogP contribution in [0.15, 0.2) is 6.20 Å². The van der Waals surface area contributed by atoms with Gasteiger partial charge in [0, 0.05) is 23.7 Å². The van der Waals surface area contributed by atoms with E-state index in [2.05, 4.69) is 31.1 Å². The van der Waals surface area contributed by atoms with Crippen molar-refractivity contribution < 1.29 is 5.11 Å². The monoisotopic (exact) mass is 242 g/mol. The Hall–Kier alpha value is -0.450. The van der Waals surface area contributed by atoms with Crippen molar-refractivity contribution in [3.63, 3.8) is 0 Å². The zero-order valence-electron chi connectivity index (χ0n) is 10.4. The molecule has 0 aliphatic heterocycles. The van der Waals surface area contributed by atoms with Crippen LogP contribution in [0.25, 0.3) is 0 Å². The molecule has 0 saturated carbocycles. The Bertz CT molecular complexity index is 301. The smallest absolute Gasteiger partial charge is 0.110 e. The quantitative estimate of drug-likeness (QED) is 0.772. The van der Waals surface area contributed by atoms with Crippen LogP contribution in [0, 0.1) is 6.92 Å². The third-order valence-electron chi connectivity index (χ3n) is 2.63. The zero-order chi connectivity index (χ0) is 12.0. The van der Waals surface area contributed by atoms with Gasteiger partial charge < -0.3 is 10.4 Å².